The third-order valence-electron chi connectivity index (χ3n) is 3.94. The van der Waals surface area contributed by atoms with Crippen LogP contribution in [0.4, 0.5) is 0 Å². The van der Waals surface area contributed by atoms with Crippen LogP contribution in [0.25, 0.3) is 0 Å². The van der Waals surface area contributed by atoms with Gasteiger partial charge in [-0.1, -0.05) is 43.7 Å². The molecule has 0 aliphatic rings. The van der Waals surface area contributed by atoms with Gasteiger partial charge in [-0.25, -0.2) is 0 Å². The molecule has 0 saturated carbocycles. The zero-order chi connectivity index (χ0) is 14.0. The summed E-state index contributed by atoms with van der Waals surface area (Å²) < 4.78 is 0. The Morgan fingerprint density at radius 3 is 2.28 bits per heavy atom. The second-order valence-electron chi connectivity index (χ2n) is 6.77. The Bertz CT molecular complexity index is 388. The van der Waals surface area contributed by atoms with Crippen LogP contribution in [0.5, 0.6) is 0 Å². The number of hydrogen-bond acceptors (Lipinski definition) is 2. The molecule has 1 aromatic carbocycles. The van der Waals surface area contributed by atoms with Gasteiger partial charge in [0, 0.05) is 18.6 Å². The minimum atomic E-state index is -0.173. The van der Waals surface area contributed by atoms with Gasteiger partial charge in [0.15, 0.2) is 0 Å². The number of aryl methyl sites for hydroxylation is 1. The maximum Gasteiger partial charge on any atom is 0.0231 e. The Morgan fingerprint density at radius 1 is 1.17 bits per heavy atom. The molecule has 1 aromatic rings. The zero-order valence-electron chi connectivity index (χ0n) is 12.7. The van der Waals surface area contributed by atoms with E-state index in [2.05, 4.69) is 70.8 Å². The Kier molecular flexibility index (Phi) is 4.57. The first kappa shape index (κ1) is 15.2. The third-order valence-corrected chi connectivity index (χ3v) is 3.94. The maximum atomic E-state index is 6.25. The van der Waals surface area contributed by atoms with Gasteiger partial charge in [0.2, 0.25) is 0 Å². The molecule has 0 heterocycles. The Hall–Kier alpha value is -0.860. The first-order chi connectivity index (χ1) is 8.12. The minimum absolute atomic E-state index is 0.0889. The lowest BCUT2D eigenvalue weighted by Crippen LogP contribution is -2.52. The van der Waals surface area contributed by atoms with Crippen molar-refractivity contribution in [2.75, 3.05) is 13.6 Å². The highest BCUT2D eigenvalue weighted by molar-refractivity contribution is 5.22. The van der Waals surface area contributed by atoms with Gasteiger partial charge in [0.05, 0.1) is 0 Å². The molecule has 2 N–H and O–H groups in total. The van der Waals surface area contributed by atoms with Crippen molar-refractivity contribution >= 4 is 0 Å². The molecule has 0 fully saturated rings. The average Bonchev–Trinajstić information content (AvgIpc) is 2.14. The number of rotatable bonds is 5. The normalized spacial score (nSPS) is 13.1. The second kappa shape index (κ2) is 5.41. The van der Waals surface area contributed by atoms with Crippen molar-refractivity contribution < 1.29 is 0 Å². The van der Waals surface area contributed by atoms with Crippen molar-refractivity contribution in [3.05, 3.63) is 35.4 Å². The first-order valence-corrected chi connectivity index (χ1v) is 6.65. The summed E-state index contributed by atoms with van der Waals surface area (Å²) in [5, 5.41) is 0. The van der Waals surface area contributed by atoms with Crippen LogP contribution in [0.15, 0.2) is 24.3 Å². The topological polar surface area (TPSA) is 29.3 Å². The van der Waals surface area contributed by atoms with Crippen molar-refractivity contribution in [3.8, 4) is 0 Å². The molecule has 2 nitrogen and oxygen atoms in total. The lowest BCUT2D eigenvalue weighted by atomic mass is 9.75. The van der Waals surface area contributed by atoms with Gasteiger partial charge < -0.3 is 10.6 Å². The summed E-state index contributed by atoms with van der Waals surface area (Å²) in [6.07, 6.45) is 0. The van der Waals surface area contributed by atoms with Crippen LogP contribution < -0.4 is 5.73 Å². The summed E-state index contributed by atoms with van der Waals surface area (Å²) in [6, 6.07) is 8.69. The SMILES string of the molecule is Cc1cccc(CN(C)CC(C)(C)C(C)(C)N)c1. The standard InChI is InChI=1S/C16H28N2/c1-13-8-7-9-14(10-13)11-18(6)12-15(2,3)16(4,5)17/h7-10H,11-12,17H2,1-6H3. The van der Waals surface area contributed by atoms with Crippen LogP contribution in [0.3, 0.4) is 0 Å². The summed E-state index contributed by atoms with van der Waals surface area (Å²) in [5.74, 6) is 0. The monoisotopic (exact) mass is 248 g/mol. The smallest absolute Gasteiger partial charge is 0.0231 e. The molecule has 0 radical (unpaired) electrons. The molecule has 0 bridgehead atoms. The molecule has 0 aliphatic carbocycles. The Morgan fingerprint density at radius 2 is 1.78 bits per heavy atom. The molecule has 0 unspecified atom stereocenters. The van der Waals surface area contributed by atoms with Crippen molar-refractivity contribution in [1.82, 2.24) is 4.90 Å². The Balaban J connectivity index is 2.65. The summed E-state index contributed by atoms with van der Waals surface area (Å²) in [6.45, 7) is 12.8. The van der Waals surface area contributed by atoms with E-state index in [4.69, 9.17) is 5.73 Å². The number of nitrogens with two attached hydrogens (primary N) is 1. The molecular formula is C16H28N2. The van der Waals surface area contributed by atoms with Crippen LogP contribution in [0, 0.1) is 12.3 Å². The molecule has 2 heteroatoms. The van der Waals surface area contributed by atoms with Gasteiger partial charge in [0.1, 0.15) is 0 Å². The number of hydrogen-bond donors (Lipinski definition) is 1. The fourth-order valence-corrected chi connectivity index (χ4v) is 2.06. The van der Waals surface area contributed by atoms with E-state index in [0.29, 0.717) is 0 Å². The summed E-state index contributed by atoms with van der Waals surface area (Å²) in [5.41, 5.74) is 8.85. The molecule has 0 aliphatic heterocycles. The maximum absolute atomic E-state index is 6.25. The van der Waals surface area contributed by atoms with Gasteiger partial charge in [-0.2, -0.15) is 0 Å². The molecule has 1 rings (SSSR count). The predicted octanol–water partition coefficient (Wildman–Crippen LogP) is 3.19. The van der Waals surface area contributed by atoms with Crippen molar-refractivity contribution in [1.29, 1.82) is 0 Å². The van der Waals surface area contributed by atoms with E-state index in [0.717, 1.165) is 13.1 Å². The fourth-order valence-electron chi connectivity index (χ4n) is 2.06. The van der Waals surface area contributed by atoms with Crippen molar-refractivity contribution in [2.45, 2.75) is 46.7 Å². The molecule has 0 aromatic heterocycles. The van der Waals surface area contributed by atoms with Gasteiger partial charge in [0.25, 0.3) is 0 Å². The van der Waals surface area contributed by atoms with Gasteiger partial charge in [-0.15, -0.1) is 0 Å². The molecular weight excluding hydrogens is 220 g/mol. The zero-order valence-corrected chi connectivity index (χ0v) is 12.7. The van der Waals surface area contributed by atoms with Gasteiger partial charge in [-0.3, -0.25) is 0 Å². The molecule has 18 heavy (non-hydrogen) atoms. The van der Waals surface area contributed by atoms with Crippen molar-refractivity contribution in [3.63, 3.8) is 0 Å². The van der Waals surface area contributed by atoms with Crippen LogP contribution in [0.1, 0.15) is 38.8 Å². The van der Waals surface area contributed by atoms with E-state index in [9.17, 15) is 0 Å². The van der Waals surface area contributed by atoms with Gasteiger partial charge in [-0.05, 0) is 38.8 Å². The summed E-state index contributed by atoms with van der Waals surface area (Å²) in [7, 11) is 2.16. The molecule has 0 spiro atoms. The predicted molar refractivity (Wildman–Crippen MR) is 79.6 cm³/mol. The lowest BCUT2D eigenvalue weighted by Gasteiger charge is -2.41. The highest BCUT2D eigenvalue weighted by atomic mass is 15.1. The number of benzene rings is 1. The summed E-state index contributed by atoms with van der Waals surface area (Å²) in [4.78, 5) is 2.35. The summed E-state index contributed by atoms with van der Waals surface area (Å²) >= 11 is 0. The van der Waals surface area contributed by atoms with Crippen LogP contribution in [0.2, 0.25) is 0 Å². The van der Waals surface area contributed by atoms with E-state index in [-0.39, 0.29) is 11.0 Å². The number of nitrogens with zero attached hydrogens (tertiary/aromatic N) is 1. The minimum Gasteiger partial charge on any atom is -0.325 e. The third kappa shape index (κ3) is 4.11. The Labute approximate surface area is 112 Å². The van der Waals surface area contributed by atoms with E-state index in [1.54, 1.807) is 0 Å². The average molecular weight is 248 g/mol. The first-order valence-electron chi connectivity index (χ1n) is 6.65. The fraction of sp³-hybridized carbons (Fsp3) is 0.625. The van der Waals surface area contributed by atoms with Crippen LogP contribution in [-0.4, -0.2) is 24.0 Å². The second-order valence-corrected chi connectivity index (χ2v) is 6.77. The molecule has 102 valence electrons. The quantitative estimate of drug-likeness (QED) is 0.867. The van der Waals surface area contributed by atoms with Gasteiger partial charge >= 0.3 is 0 Å². The largest absolute Gasteiger partial charge is 0.325 e. The molecule has 0 atom stereocenters. The van der Waals surface area contributed by atoms with E-state index >= 15 is 0 Å². The van der Waals surface area contributed by atoms with E-state index in [1.165, 1.54) is 11.1 Å². The van der Waals surface area contributed by atoms with Crippen LogP contribution >= 0.6 is 0 Å². The molecule has 0 saturated heterocycles. The van der Waals surface area contributed by atoms with E-state index in [1.807, 2.05) is 0 Å². The van der Waals surface area contributed by atoms with Crippen molar-refractivity contribution in [2.24, 2.45) is 11.1 Å². The van der Waals surface area contributed by atoms with Crippen LogP contribution in [-0.2, 0) is 6.54 Å². The highest BCUT2D eigenvalue weighted by Gasteiger charge is 2.34. The van der Waals surface area contributed by atoms with E-state index < -0.39 is 0 Å². The molecule has 0 amide bonds. The lowest BCUT2D eigenvalue weighted by molar-refractivity contribution is 0.126. The highest BCUT2D eigenvalue weighted by Crippen LogP contribution is 2.29.